The molecule has 7 atom stereocenters. The second-order valence-electron chi connectivity index (χ2n) is 14.5. The molecule has 0 unspecified atom stereocenters. The predicted molar refractivity (Wildman–Crippen MR) is 172 cm³/mol. The first kappa shape index (κ1) is 35.3. The monoisotopic (exact) mass is 665 g/mol. The van der Waals surface area contributed by atoms with Crippen LogP contribution in [-0.2, 0) is 49.4 Å². The maximum atomic E-state index is 14.0. The number of carbonyl (C=O) groups is 6. The largest absolute Gasteiger partial charge is 0.508 e. The SMILES string of the molecule is COC(=O)[C@H](Cc1ccc(O)cc1)NC(=O)CCC(=O)OCC(=O)[C@@]1(OC(C)=O)CC[C@H]2[C@@H]3CCC4=CC(=O)CC[C@]4(C)[C@H]3CC[C@@]21C. The van der Waals surface area contributed by atoms with Gasteiger partial charge in [0.1, 0.15) is 11.8 Å². The lowest BCUT2D eigenvalue weighted by molar-refractivity contribution is -0.191. The zero-order chi connectivity index (χ0) is 34.9. The van der Waals surface area contributed by atoms with E-state index in [0.29, 0.717) is 43.1 Å². The topological polar surface area (TPSA) is 162 Å². The molecule has 4 aliphatic carbocycles. The number of ether oxygens (including phenoxy) is 3. The summed E-state index contributed by atoms with van der Waals surface area (Å²) < 4.78 is 16.1. The third-order valence-electron chi connectivity index (χ3n) is 12.0. The summed E-state index contributed by atoms with van der Waals surface area (Å²) in [6.07, 6.45) is 7.14. The highest BCUT2D eigenvalue weighted by Crippen LogP contribution is 2.68. The van der Waals surface area contributed by atoms with Crippen LogP contribution in [0.25, 0.3) is 0 Å². The third kappa shape index (κ3) is 6.65. The molecule has 0 heterocycles. The van der Waals surface area contributed by atoms with Gasteiger partial charge in [0.05, 0.1) is 13.5 Å². The molecule has 3 fully saturated rings. The van der Waals surface area contributed by atoms with Gasteiger partial charge in [0.25, 0.3) is 0 Å². The van der Waals surface area contributed by atoms with Crippen molar-refractivity contribution in [2.75, 3.05) is 13.7 Å². The lowest BCUT2D eigenvalue weighted by atomic mass is 9.46. The minimum atomic E-state index is -1.42. The van der Waals surface area contributed by atoms with Gasteiger partial charge in [-0.2, -0.15) is 0 Å². The number of rotatable bonds is 11. The number of ketones is 2. The number of hydrogen-bond donors (Lipinski definition) is 2. The van der Waals surface area contributed by atoms with Crippen molar-refractivity contribution in [2.24, 2.45) is 28.6 Å². The van der Waals surface area contributed by atoms with Crippen molar-refractivity contribution in [2.45, 2.75) is 103 Å². The van der Waals surface area contributed by atoms with E-state index >= 15 is 0 Å². The Bertz CT molecular complexity index is 1500. The summed E-state index contributed by atoms with van der Waals surface area (Å²) in [6, 6.07) is 5.17. The summed E-state index contributed by atoms with van der Waals surface area (Å²) in [7, 11) is 1.20. The Morgan fingerprint density at radius 2 is 1.67 bits per heavy atom. The summed E-state index contributed by atoms with van der Waals surface area (Å²) in [5.41, 5.74) is -0.162. The maximum Gasteiger partial charge on any atom is 0.328 e. The molecule has 3 saturated carbocycles. The summed E-state index contributed by atoms with van der Waals surface area (Å²) in [5.74, 6) is -1.90. The molecule has 0 aliphatic heterocycles. The van der Waals surface area contributed by atoms with E-state index in [1.165, 1.54) is 31.7 Å². The van der Waals surface area contributed by atoms with E-state index in [9.17, 15) is 33.9 Å². The van der Waals surface area contributed by atoms with Crippen LogP contribution in [0.4, 0.5) is 0 Å². The molecule has 0 bridgehead atoms. The summed E-state index contributed by atoms with van der Waals surface area (Å²) in [6.45, 7) is 5.04. The number of fused-ring (bicyclic) bond motifs is 5. The van der Waals surface area contributed by atoms with Crippen molar-refractivity contribution in [3.8, 4) is 5.75 Å². The summed E-state index contributed by atoms with van der Waals surface area (Å²) in [4.78, 5) is 76.4. The van der Waals surface area contributed by atoms with E-state index in [2.05, 4.69) is 12.2 Å². The average molecular weight is 666 g/mol. The molecule has 0 radical (unpaired) electrons. The third-order valence-corrected chi connectivity index (χ3v) is 12.0. The predicted octanol–water partition coefficient (Wildman–Crippen LogP) is 4.32. The quantitative estimate of drug-likeness (QED) is 0.257. The van der Waals surface area contributed by atoms with Gasteiger partial charge in [-0.25, -0.2) is 4.79 Å². The van der Waals surface area contributed by atoms with E-state index in [1.54, 1.807) is 12.1 Å². The minimum absolute atomic E-state index is 0.0426. The van der Waals surface area contributed by atoms with Crippen LogP contribution in [0, 0.1) is 28.6 Å². The van der Waals surface area contributed by atoms with E-state index in [1.807, 2.05) is 13.0 Å². The van der Waals surface area contributed by atoms with Crippen LogP contribution >= 0.6 is 0 Å². The van der Waals surface area contributed by atoms with Gasteiger partial charge < -0.3 is 24.6 Å². The van der Waals surface area contributed by atoms with Crippen LogP contribution in [0.15, 0.2) is 35.9 Å². The fraction of sp³-hybridized carbons (Fsp3) is 0.622. The molecule has 260 valence electrons. The molecule has 2 N–H and O–H groups in total. The first-order chi connectivity index (χ1) is 22.7. The number of phenols is 1. The zero-order valence-corrected chi connectivity index (χ0v) is 28.3. The van der Waals surface area contributed by atoms with Crippen LogP contribution in [-0.4, -0.2) is 65.8 Å². The number of aromatic hydroxyl groups is 1. The molecule has 1 amide bonds. The van der Waals surface area contributed by atoms with Gasteiger partial charge in [-0.05, 0) is 91.9 Å². The lowest BCUT2D eigenvalue weighted by Crippen LogP contribution is -2.59. The molecule has 1 aromatic rings. The van der Waals surface area contributed by atoms with Gasteiger partial charge in [0.15, 0.2) is 18.0 Å². The molecular weight excluding hydrogens is 618 g/mol. The Labute approximate surface area is 281 Å². The molecule has 48 heavy (non-hydrogen) atoms. The van der Waals surface area contributed by atoms with Gasteiger partial charge in [0.2, 0.25) is 11.7 Å². The molecule has 11 heteroatoms. The Hall–Kier alpha value is -4.02. The highest BCUT2D eigenvalue weighted by Gasteiger charge is 2.68. The number of esters is 3. The first-order valence-corrected chi connectivity index (χ1v) is 17.0. The number of carbonyl (C=O) groups excluding carboxylic acids is 6. The standard InChI is InChI=1S/C37H47NO10/c1-22(39)48-37(18-15-29-27-10-7-24-20-26(41)13-16-35(24,2)28(27)14-17-36(29,37)3)31(42)21-47-33(44)12-11-32(43)38-30(34(45)46-4)19-23-5-8-25(40)9-6-23/h5-6,8-9,20,27-30,40H,7,10-19,21H2,1-4H3,(H,38,43)/t27-,28+,29+,30+,35+,36+,37+/m1/s1. The number of allylic oxidation sites excluding steroid dienone is 1. The maximum absolute atomic E-state index is 14.0. The van der Waals surface area contributed by atoms with Crippen molar-refractivity contribution in [3.05, 3.63) is 41.5 Å². The molecule has 0 spiro atoms. The second kappa shape index (κ2) is 13.8. The molecule has 4 aliphatic rings. The Balaban J connectivity index is 1.20. The van der Waals surface area contributed by atoms with Crippen molar-refractivity contribution >= 4 is 35.4 Å². The van der Waals surface area contributed by atoms with Crippen molar-refractivity contribution in [1.82, 2.24) is 5.32 Å². The molecular formula is C37H47NO10. The fourth-order valence-electron chi connectivity index (χ4n) is 9.51. The van der Waals surface area contributed by atoms with E-state index in [4.69, 9.17) is 14.2 Å². The van der Waals surface area contributed by atoms with Crippen LogP contribution in [0.2, 0.25) is 0 Å². The van der Waals surface area contributed by atoms with Crippen LogP contribution in [0.5, 0.6) is 5.75 Å². The first-order valence-electron chi connectivity index (χ1n) is 17.0. The number of nitrogens with one attached hydrogen (secondary N) is 1. The highest BCUT2D eigenvalue weighted by atomic mass is 16.6. The normalized spacial score (nSPS) is 31.2. The van der Waals surface area contributed by atoms with E-state index < -0.39 is 53.3 Å². The number of hydrogen-bond acceptors (Lipinski definition) is 10. The number of benzene rings is 1. The van der Waals surface area contributed by atoms with E-state index in [-0.39, 0.29) is 42.1 Å². The number of amides is 1. The number of Topliss-reactive ketones (excluding diaryl/α,β-unsaturated/α-hetero) is 1. The molecule has 11 nitrogen and oxygen atoms in total. The smallest absolute Gasteiger partial charge is 0.328 e. The number of phenolic OH excluding ortho intramolecular Hbond substituents is 1. The van der Waals surface area contributed by atoms with Crippen molar-refractivity contribution < 1.29 is 48.1 Å². The Morgan fingerprint density at radius 1 is 0.958 bits per heavy atom. The lowest BCUT2D eigenvalue weighted by Gasteiger charge is -2.59. The number of methoxy groups -OCH3 is 1. The molecule has 5 rings (SSSR count). The van der Waals surface area contributed by atoms with Crippen LogP contribution < -0.4 is 5.32 Å². The van der Waals surface area contributed by atoms with Gasteiger partial charge in [-0.3, -0.25) is 24.0 Å². The Kier molecular flexibility index (Phi) is 10.2. The minimum Gasteiger partial charge on any atom is -0.508 e. The highest BCUT2D eigenvalue weighted by molar-refractivity contribution is 5.94. The van der Waals surface area contributed by atoms with Crippen LogP contribution in [0.1, 0.15) is 90.5 Å². The summed E-state index contributed by atoms with van der Waals surface area (Å²) in [5, 5.41) is 12.1. The van der Waals surface area contributed by atoms with Gasteiger partial charge >= 0.3 is 17.9 Å². The molecule has 0 saturated heterocycles. The van der Waals surface area contributed by atoms with Gasteiger partial charge in [0, 0.05) is 31.6 Å². The van der Waals surface area contributed by atoms with Crippen molar-refractivity contribution in [3.63, 3.8) is 0 Å². The van der Waals surface area contributed by atoms with Crippen molar-refractivity contribution in [1.29, 1.82) is 0 Å². The Morgan fingerprint density at radius 3 is 2.35 bits per heavy atom. The summed E-state index contributed by atoms with van der Waals surface area (Å²) >= 11 is 0. The van der Waals surface area contributed by atoms with E-state index in [0.717, 1.165) is 25.7 Å². The average Bonchev–Trinajstić information content (AvgIpc) is 3.35. The molecule has 0 aromatic heterocycles. The fourth-order valence-corrected chi connectivity index (χ4v) is 9.51. The zero-order valence-electron chi connectivity index (χ0n) is 28.3. The molecule has 1 aromatic carbocycles. The van der Waals surface area contributed by atoms with Crippen LogP contribution in [0.3, 0.4) is 0 Å². The second-order valence-corrected chi connectivity index (χ2v) is 14.5. The van der Waals surface area contributed by atoms with Gasteiger partial charge in [-0.15, -0.1) is 0 Å². The van der Waals surface area contributed by atoms with Gasteiger partial charge in [-0.1, -0.05) is 31.6 Å².